The van der Waals surface area contributed by atoms with Gasteiger partial charge in [0.1, 0.15) is 11.9 Å². The second-order valence-electron chi connectivity index (χ2n) is 15.3. The van der Waals surface area contributed by atoms with Gasteiger partial charge >= 0.3 is 5.97 Å². The van der Waals surface area contributed by atoms with Gasteiger partial charge in [0, 0.05) is 17.8 Å². The van der Waals surface area contributed by atoms with E-state index in [1.165, 1.54) is 38.5 Å². The Kier molecular flexibility index (Phi) is 4.03. The lowest BCUT2D eigenvalue weighted by Crippen LogP contribution is -2.66. The predicted octanol–water partition coefficient (Wildman–Crippen LogP) is 5.96. The van der Waals surface area contributed by atoms with E-state index in [2.05, 4.69) is 41.5 Å². The normalized spacial score (nSPS) is 61.1. The van der Waals surface area contributed by atoms with Gasteiger partial charge in [-0.15, -0.1) is 0 Å². The van der Waals surface area contributed by atoms with Crippen molar-refractivity contribution in [1.29, 1.82) is 0 Å². The maximum Gasteiger partial charge on any atom is 0.341 e. The van der Waals surface area contributed by atoms with Crippen LogP contribution in [-0.2, 0) is 19.1 Å². The molecule has 7 rings (SSSR count). The second-order valence-corrected chi connectivity index (χ2v) is 15.3. The average Bonchev–Trinajstić information content (AvgIpc) is 3.45. The van der Waals surface area contributed by atoms with Gasteiger partial charge in [-0.3, -0.25) is 4.79 Å². The third kappa shape index (κ3) is 2.24. The summed E-state index contributed by atoms with van der Waals surface area (Å²) >= 11 is 0. The van der Waals surface area contributed by atoms with Crippen LogP contribution in [0.1, 0.15) is 99.3 Å². The van der Waals surface area contributed by atoms with Crippen molar-refractivity contribution in [2.75, 3.05) is 6.61 Å². The smallest absolute Gasteiger partial charge is 0.341 e. The summed E-state index contributed by atoms with van der Waals surface area (Å²) < 4.78 is 11.9. The molecule has 2 aliphatic heterocycles. The fourth-order valence-corrected chi connectivity index (χ4v) is 12.2. The molecule has 5 saturated carbocycles. The van der Waals surface area contributed by atoms with Gasteiger partial charge in [0.05, 0.1) is 6.61 Å². The molecule has 2 heterocycles. The van der Waals surface area contributed by atoms with E-state index in [1.54, 1.807) is 0 Å². The number of Topliss-reactive ketones (excluding diaryl/α,β-unsaturated/α-hetero) is 1. The number of fused-ring (bicyclic) bond motifs is 10. The zero-order chi connectivity index (χ0) is 24.1. The van der Waals surface area contributed by atoms with Gasteiger partial charge < -0.3 is 9.47 Å². The summed E-state index contributed by atoms with van der Waals surface area (Å²) in [4.78, 5) is 25.7. The van der Waals surface area contributed by atoms with Crippen LogP contribution in [0.25, 0.3) is 0 Å². The van der Waals surface area contributed by atoms with Crippen LogP contribution < -0.4 is 0 Å². The second kappa shape index (κ2) is 6.14. The van der Waals surface area contributed by atoms with Crippen molar-refractivity contribution in [3.63, 3.8) is 0 Å². The number of carbonyl (C=O) groups excluding carboxylic acids is 2. The molecule has 4 nitrogen and oxygen atoms in total. The Hall–Kier alpha value is -0.900. The number of hydrogen-bond donors (Lipinski definition) is 0. The molecule has 34 heavy (non-hydrogen) atoms. The summed E-state index contributed by atoms with van der Waals surface area (Å²) in [7, 11) is 0. The molecule has 5 aliphatic carbocycles. The topological polar surface area (TPSA) is 55.9 Å². The number of esters is 1. The molecule has 11 atom stereocenters. The van der Waals surface area contributed by atoms with Gasteiger partial charge in [-0.05, 0) is 96.7 Å². The maximum absolute atomic E-state index is 13.0. The van der Waals surface area contributed by atoms with E-state index >= 15 is 0 Å². The molecule has 0 amide bonds. The Bertz CT molecular complexity index is 980. The molecular weight excluding hydrogens is 424 g/mol. The van der Waals surface area contributed by atoms with Gasteiger partial charge in [-0.25, -0.2) is 4.79 Å². The van der Waals surface area contributed by atoms with Crippen molar-refractivity contribution >= 4 is 11.8 Å². The highest BCUT2D eigenvalue weighted by Crippen LogP contribution is 2.78. The summed E-state index contributed by atoms with van der Waals surface area (Å²) in [5, 5.41) is 0. The van der Waals surface area contributed by atoms with Crippen LogP contribution in [0, 0.1) is 56.7 Å². The zero-order valence-corrected chi connectivity index (χ0v) is 22.2. The first-order valence-corrected chi connectivity index (χ1v) is 14.2. The molecule has 1 spiro atoms. The number of epoxide rings is 1. The number of rotatable bonds is 0. The Labute approximate surface area is 205 Å². The van der Waals surface area contributed by atoms with Crippen LogP contribution in [0.2, 0.25) is 0 Å². The van der Waals surface area contributed by atoms with E-state index in [0.29, 0.717) is 36.1 Å². The lowest BCUT2D eigenvalue weighted by molar-refractivity contribution is -0.234. The van der Waals surface area contributed by atoms with Crippen LogP contribution in [0.4, 0.5) is 0 Å². The minimum atomic E-state index is -0.611. The number of ether oxygens (including phenoxy) is 2. The Morgan fingerprint density at radius 2 is 1.53 bits per heavy atom. The van der Waals surface area contributed by atoms with Crippen molar-refractivity contribution in [2.45, 2.75) is 111 Å². The highest BCUT2D eigenvalue weighted by molar-refractivity contribution is 5.86. The average molecular weight is 469 g/mol. The van der Waals surface area contributed by atoms with Crippen LogP contribution >= 0.6 is 0 Å². The van der Waals surface area contributed by atoms with E-state index in [0.717, 1.165) is 19.3 Å². The van der Waals surface area contributed by atoms with Crippen LogP contribution in [-0.4, -0.2) is 30.1 Å². The van der Waals surface area contributed by atoms with Crippen molar-refractivity contribution in [1.82, 2.24) is 0 Å². The van der Waals surface area contributed by atoms with E-state index in [-0.39, 0.29) is 45.1 Å². The summed E-state index contributed by atoms with van der Waals surface area (Å²) in [6.07, 6.45) is 10.5. The summed E-state index contributed by atoms with van der Waals surface area (Å²) in [6.45, 7) is 15.4. The molecule has 0 radical (unpaired) electrons. The molecule has 0 aromatic rings. The van der Waals surface area contributed by atoms with Crippen molar-refractivity contribution in [3.05, 3.63) is 0 Å². The monoisotopic (exact) mass is 468 g/mol. The van der Waals surface area contributed by atoms with Gasteiger partial charge in [0.15, 0.2) is 5.60 Å². The lowest BCUT2D eigenvalue weighted by Gasteiger charge is -2.72. The van der Waals surface area contributed by atoms with Gasteiger partial charge in [0.2, 0.25) is 0 Å². The van der Waals surface area contributed by atoms with Gasteiger partial charge in [-0.1, -0.05) is 41.5 Å². The third-order valence-electron chi connectivity index (χ3n) is 14.2. The SMILES string of the molecule is CC1(C)C(=O)CC[C@]2(C)[C@H]3CC[C@@H]4[C@H]5[C@H]6C(C[C@]5(C)CC[C@@]4(C)[C@]3(C)CC[C@@H]12)OC(=O)[C@@]61CO1. The predicted molar refractivity (Wildman–Crippen MR) is 129 cm³/mol. The molecule has 7 fully saturated rings. The fraction of sp³-hybridized carbons (Fsp3) is 0.933. The van der Waals surface area contributed by atoms with Gasteiger partial charge in [-0.2, -0.15) is 0 Å². The van der Waals surface area contributed by atoms with E-state index in [1.807, 2.05) is 0 Å². The highest BCUT2D eigenvalue weighted by atomic mass is 16.7. The quantitative estimate of drug-likeness (QED) is 0.325. The van der Waals surface area contributed by atoms with E-state index in [9.17, 15) is 9.59 Å². The minimum absolute atomic E-state index is 0.0660. The van der Waals surface area contributed by atoms with Crippen LogP contribution in [0.5, 0.6) is 0 Å². The molecule has 0 aromatic heterocycles. The molecule has 7 aliphatic rings. The fourth-order valence-electron chi connectivity index (χ4n) is 12.2. The summed E-state index contributed by atoms with van der Waals surface area (Å²) in [5.74, 6) is 3.03. The number of hydrogen-bond acceptors (Lipinski definition) is 4. The highest BCUT2D eigenvalue weighted by Gasteiger charge is 2.78. The first kappa shape index (κ1) is 22.3. The van der Waals surface area contributed by atoms with Crippen molar-refractivity contribution in [3.8, 4) is 0 Å². The first-order valence-electron chi connectivity index (χ1n) is 14.2. The van der Waals surface area contributed by atoms with E-state index in [4.69, 9.17) is 9.47 Å². The Morgan fingerprint density at radius 3 is 2.24 bits per heavy atom. The first-order chi connectivity index (χ1) is 15.8. The standard InChI is InChI=1S/C30H44O4/c1-25(2)19-9-12-29(6)20(27(19,4)11-10-21(25)31)8-7-17-22-23-18(34-24(32)30(23)16-33-30)15-26(22,3)13-14-28(17,29)5/h17-20,22-23H,7-16H2,1-6H3/t17-,18?,19+,20-,22+,23-,26+,27+,28-,29-,30-/m1/s1. The maximum atomic E-state index is 13.0. The van der Waals surface area contributed by atoms with Gasteiger partial charge in [0.25, 0.3) is 0 Å². The molecule has 2 saturated heterocycles. The Balaban J connectivity index is 1.29. The lowest BCUT2D eigenvalue weighted by atomic mass is 9.32. The third-order valence-corrected chi connectivity index (χ3v) is 14.2. The number of carbonyl (C=O) groups is 2. The number of ketones is 1. The zero-order valence-electron chi connectivity index (χ0n) is 22.2. The molecule has 1 unspecified atom stereocenters. The van der Waals surface area contributed by atoms with Crippen molar-refractivity contribution in [2.24, 2.45) is 56.7 Å². The molecular formula is C30H44O4. The summed E-state index contributed by atoms with van der Waals surface area (Å²) in [5.41, 5.74) is 0.287. The van der Waals surface area contributed by atoms with Crippen LogP contribution in [0.3, 0.4) is 0 Å². The molecule has 0 aromatic carbocycles. The summed E-state index contributed by atoms with van der Waals surface area (Å²) in [6, 6.07) is 0. The molecule has 4 heteroatoms. The molecule has 0 bridgehead atoms. The minimum Gasteiger partial charge on any atom is -0.460 e. The van der Waals surface area contributed by atoms with Crippen LogP contribution in [0.15, 0.2) is 0 Å². The van der Waals surface area contributed by atoms with E-state index < -0.39 is 5.60 Å². The largest absolute Gasteiger partial charge is 0.460 e. The van der Waals surface area contributed by atoms with Crippen molar-refractivity contribution < 1.29 is 19.1 Å². The molecule has 0 N–H and O–H groups in total. The Morgan fingerprint density at radius 1 is 0.794 bits per heavy atom. The molecule has 188 valence electrons.